The minimum atomic E-state index is 0.444. The van der Waals surface area contributed by atoms with Gasteiger partial charge in [-0.25, -0.2) is 0 Å². The van der Waals surface area contributed by atoms with Crippen LogP contribution in [-0.2, 0) is 6.42 Å². The quantitative estimate of drug-likeness (QED) is 0.797. The first-order valence-corrected chi connectivity index (χ1v) is 6.44. The van der Waals surface area contributed by atoms with Crippen LogP contribution >= 0.6 is 0 Å². The number of hydrogen-bond acceptors (Lipinski definition) is 3. The fourth-order valence-electron chi connectivity index (χ4n) is 2.75. The van der Waals surface area contributed by atoms with Crippen LogP contribution in [0.1, 0.15) is 30.0 Å². The third-order valence-corrected chi connectivity index (χ3v) is 3.73. The second kappa shape index (κ2) is 4.40. The summed E-state index contributed by atoms with van der Waals surface area (Å²) in [5.41, 5.74) is 2.96. The second-order valence-corrected chi connectivity index (χ2v) is 4.91. The molecule has 0 spiro atoms. The highest BCUT2D eigenvalue weighted by molar-refractivity contribution is 5.81. The molecule has 1 N–H and O–H groups in total. The Hall–Kier alpha value is -1.51. The summed E-state index contributed by atoms with van der Waals surface area (Å²) < 4.78 is 0. The molecule has 0 aromatic heterocycles. The van der Waals surface area contributed by atoms with Crippen molar-refractivity contribution < 1.29 is 0 Å². The third-order valence-electron chi connectivity index (χ3n) is 3.73. The molecule has 3 heteroatoms. The van der Waals surface area contributed by atoms with Gasteiger partial charge in [-0.15, -0.1) is 0 Å². The molecule has 1 unspecified atom stereocenters. The van der Waals surface area contributed by atoms with Gasteiger partial charge in [-0.3, -0.25) is 4.99 Å². The number of guanidine groups is 1. The Morgan fingerprint density at radius 2 is 2.24 bits per heavy atom. The van der Waals surface area contributed by atoms with Gasteiger partial charge >= 0.3 is 0 Å². The van der Waals surface area contributed by atoms with Gasteiger partial charge in [0.05, 0.1) is 12.6 Å². The molecule has 3 nitrogen and oxygen atoms in total. The first-order chi connectivity index (χ1) is 8.34. The van der Waals surface area contributed by atoms with Gasteiger partial charge in [0.25, 0.3) is 0 Å². The monoisotopic (exact) mass is 229 g/mol. The molecule has 17 heavy (non-hydrogen) atoms. The number of nitrogens with one attached hydrogen (secondary N) is 1. The van der Waals surface area contributed by atoms with Crippen molar-refractivity contribution in [3.05, 3.63) is 35.4 Å². The largest absolute Gasteiger partial charge is 0.349 e. The fourth-order valence-corrected chi connectivity index (χ4v) is 2.75. The molecular weight excluding hydrogens is 210 g/mol. The van der Waals surface area contributed by atoms with Crippen molar-refractivity contribution in [3.8, 4) is 0 Å². The van der Waals surface area contributed by atoms with Gasteiger partial charge in [0.2, 0.25) is 0 Å². The summed E-state index contributed by atoms with van der Waals surface area (Å²) in [4.78, 5) is 6.72. The highest BCUT2D eigenvalue weighted by Gasteiger charge is 2.22. The summed E-state index contributed by atoms with van der Waals surface area (Å²) >= 11 is 0. The second-order valence-electron chi connectivity index (χ2n) is 4.91. The van der Waals surface area contributed by atoms with Crippen LogP contribution in [0.3, 0.4) is 0 Å². The van der Waals surface area contributed by atoms with Gasteiger partial charge in [-0.1, -0.05) is 24.3 Å². The fraction of sp³-hybridized carbons (Fsp3) is 0.500. The molecule has 0 fully saturated rings. The molecule has 1 atom stereocenters. The number of nitrogens with zero attached hydrogens (tertiary/aromatic N) is 2. The first-order valence-electron chi connectivity index (χ1n) is 6.44. The molecule has 1 aliphatic carbocycles. The molecule has 1 heterocycles. The van der Waals surface area contributed by atoms with Crippen molar-refractivity contribution in [1.29, 1.82) is 0 Å². The molecule has 1 aromatic rings. The van der Waals surface area contributed by atoms with Crippen LogP contribution in [0.25, 0.3) is 0 Å². The maximum atomic E-state index is 4.52. The molecule has 0 radical (unpaired) electrons. The van der Waals surface area contributed by atoms with E-state index in [4.69, 9.17) is 0 Å². The number of aliphatic imine (C=N–C) groups is 1. The lowest BCUT2D eigenvalue weighted by Crippen LogP contribution is -2.39. The van der Waals surface area contributed by atoms with Crippen LogP contribution in [0.2, 0.25) is 0 Å². The van der Waals surface area contributed by atoms with E-state index < -0.39 is 0 Å². The zero-order chi connectivity index (χ0) is 11.7. The molecule has 0 bridgehead atoms. The van der Waals surface area contributed by atoms with E-state index in [9.17, 15) is 0 Å². The number of rotatable bonds is 1. The minimum absolute atomic E-state index is 0.444. The van der Waals surface area contributed by atoms with E-state index >= 15 is 0 Å². The molecule has 0 saturated heterocycles. The molecule has 2 aliphatic rings. The topological polar surface area (TPSA) is 27.6 Å². The highest BCUT2D eigenvalue weighted by atomic mass is 15.3. The van der Waals surface area contributed by atoms with Crippen molar-refractivity contribution in [2.24, 2.45) is 4.99 Å². The van der Waals surface area contributed by atoms with E-state index in [1.54, 1.807) is 0 Å². The normalized spacial score (nSPS) is 23.2. The number of fused-ring (bicyclic) bond motifs is 1. The van der Waals surface area contributed by atoms with Crippen LogP contribution in [0, 0.1) is 0 Å². The third kappa shape index (κ3) is 2.02. The zero-order valence-corrected chi connectivity index (χ0v) is 10.3. The van der Waals surface area contributed by atoms with E-state index in [-0.39, 0.29) is 0 Å². The van der Waals surface area contributed by atoms with Gasteiger partial charge in [0.15, 0.2) is 5.96 Å². The summed E-state index contributed by atoms with van der Waals surface area (Å²) in [7, 11) is 2.10. The summed E-state index contributed by atoms with van der Waals surface area (Å²) in [5.74, 6) is 1.06. The van der Waals surface area contributed by atoms with Gasteiger partial charge < -0.3 is 10.2 Å². The highest BCUT2D eigenvalue weighted by Crippen LogP contribution is 2.29. The Labute approximate surface area is 103 Å². The average molecular weight is 229 g/mol. The van der Waals surface area contributed by atoms with Crippen LogP contribution in [0.4, 0.5) is 0 Å². The lowest BCUT2D eigenvalue weighted by molar-refractivity contribution is 0.478. The molecule has 1 aliphatic heterocycles. The Morgan fingerprint density at radius 1 is 1.35 bits per heavy atom. The predicted molar refractivity (Wildman–Crippen MR) is 70.2 cm³/mol. The van der Waals surface area contributed by atoms with Crippen LogP contribution in [-0.4, -0.2) is 31.0 Å². The van der Waals surface area contributed by atoms with Crippen molar-refractivity contribution in [2.45, 2.75) is 25.3 Å². The minimum Gasteiger partial charge on any atom is -0.349 e. The Kier molecular flexibility index (Phi) is 2.75. The Bertz CT molecular complexity index is 439. The van der Waals surface area contributed by atoms with Crippen LogP contribution < -0.4 is 5.32 Å². The zero-order valence-electron chi connectivity index (χ0n) is 10.3. The van der Waals surface area contributed by atoms with Crippen molar-refractivity contribution in [1.82, 2.24) is 10.2 Å². The van der Waals surface area contributed by atoms with Gasteiger partial charge in [0.1, 0.15) is 0 Å². The Balaban J connectivity index is 1.81. The Morgan fingerprint density at radius 3 is 3.06 bits per heavy atom. The average Bonchev–Trinajstić information content (AvgIpc) is 2.76. The van der Waals surface area contributed by atoms with E-state index in [1.165, 1.54) is 30.4 Å². The van der Waals surface area contributed by atoms with E-state index in [0.717, 1.165) is 19.0 Å². The van der Waals surface area contributed by atoms with Crippen molar-refractivity contribution in [2.75, 3.05) is 20.1 Å². The molecule has 0 amide bonds. The van der Waals surface area contributed by atoms with E-state index in [0.29, 0.717) is 6.04 Å². The number of benzene rings is 1. The molecule has 3 rings (SSSR count). The molecule has 0 saturated carbocycles. The number of aryl methyl sites for hydroxylation is 1. The summed E-state index contributed by atoms with van der Waals surface area (Å²) in [6.45, 7) is 1.96. The SMILES string of the molecule is CN1CCN=C1NC1CCCc2ccccc21. The van der Waals surface area contributed by atoms with Crippen molar-refractivity contribution in [3.63, 3.8) is 0 Å². The van der Waals surface area contributed by atoms with Crippen molar-refractivity contribution >= 4 is 5.96 Å². The lowest BCUT2D eigenvalue weighted by Gasteiger charge is -2.28. The maximum Gasteiger partial charge on any atom is 0.194 e. The smallest absolute Gasteiger partial charge is 0.194 e. The van der Waals surface area contributed by atoms with E-state index in [2.05, 4.69) is 46.5 Å². The predicted octanol–water partition coefficient (Wildman–Crippen LogP) is 1.95. The van der Waals surface area contributed by atoms with Crippen LogP contribution in [0.5, 0.6) is 0 Å². The summed E-state index contributed by atoms with van der Waals surface area (Å²) in [6, 6.07) is 9.23. The molecule has 1 aromatic carbocycles. The number of likely N-dealkylation sites (N-methyl/N-ethyl adjacent to an activating group) is 1. The standard InChI is InChI=1S/C14H19N3/c1-17-10-9-15-14(17)16-13-8-4-6-11-5-2-3-7-12(11)13/h2-3,5,7,13H,4,6,8-10H2,1H3,(H,15,16). The van der Waals surface area contributed by atoms with E-state index in [1.807, 2.05) is 0 Å². The van der Waals surface area contributed by atoms with Crippen LogP contribution in [0.15, 0.2) is 29.3 Å². The first kappa shape index (κ1) is 10.6. The summed E-state index contributed by atoms with van der Waals surface area (Å²) in [6.07, 6.45) is 3.70. The number of hydrogen-bond donors (Lipinski definition) is 1. The van der Waals surface area contributed by atoms with Gasteiger partial charge in [-0.05, 0) is 30.4 Å². The molecule has 90 valence electrons. The summed E-state index contributed by atoms with van der Waals surface area (Å²) in [5, 5.41) is 3.60. The van der Waals surface area contributed by atoms with Gasteiger partial charge in [0, 0.05) is 13.6 Å². The molecular formula is C14H19N3. The lowest BCUT2D eigenvalue weighted by atomic mass is 9.88. The van der Waals surface area contributed by atoms with Gasteiger partial charge in [-0.2, -0.15) is 0 Å². The maximum absolute atomic E-state index is 4.52.